The van der Waals surface area contributed by atoms with Crippen molar-refractivity contribution in [1.29, 1.82) is 0 Å². The molecule has 7 heteroatoms. The van der Waals surface area contributed by atoms with Crippen molar-refractivity contribution in [1.82, 2.24) is 15.4 Å². The summed E-state index contributed by atoms with van der Waals surface area (Å²) in [5.41, 5.74) is 0. The molecule has 0 aliphatic heterocycles. The third-order valence-electron chi connectivity index (χ3n) is 2.67. The van der Waals surface area contributed by atoms with Gasteiger partial charge < -0.3 is 20.1 Å². The number of carbonyl (C=O) groups is 2. The molecule has 0 atom stereocenters. The summed E-state index contributed by atoms with van der Waals surface area (Å²) < 4.78 is 4.86. The molecule has 0 radical (unpaired) electrons. The van der Waals surface area contributed by atoms with E-state index in [1.165, 1.54) is 4.90 Å². The van der Waals surface area contributed by atoms with Gasteiger partial charge in [0.15, 0.2) is 5.82 Å². The molecule has 2 N–H and O–H groups in total. The third-order valence-corrected chi connectivity index (χ3v) is 2.67. The van der Waals surface area contributed by atoms with E-state index in [0.717, 1.165) is 12.8 Å². The SMILES string of the molecule is C=CCN(CC(=O)Nc1cc(C)on1)C(=O)NCCCC. The minimum absolute atomic E-state index is 0.0735. The van der Waals surface area contributed by atoms with E-state index in [9.17, 15) is 9.59 Å². The zero-order chi connectivity index (χ0) is 15.7. The number of aromatic nitrogens is 1. The minimum Gasteiger partial charge on any atom is -0.360 e. The third kappa shape index (κ3) is 6.11. The number of rotatable bonds is 8. The van der Waals surface area contributed by atoms with Crippen LogP contribution in [0.15, 0.2) is 23.2 Å². The topological polar surface area (TPSA) is 87.5 Å². The fraction of sp³-hybridized carbons (Fsp3) is 0.500. The fourth-order valence-electron chi connectivity index (χ4n) is 1.64. The first-order valence-corrected chi connectivity index (χ1v) is 6.93. The van der Waals surface area contributed by atoms with Crippen LogP contribution in [0.2, 0.25) is 0 Å². The van der Waals surface area contributed by atoms with Crippen LogP contribution in [0.4, 0.5) is 10.6 Å². The van der Waals surface area contributed by atoms with Gasteiger partial charge in [0.2, 0.25) is 5.91 Å². The summed E-state index contributed by atoms with van der Waals surface area (Å²) in [4.78, 5) is 25.2. The highest BCUT2D eigenvalue weighted by atomic mass is 16.5. The highest BCUT2D eigenvalue weighted by Crippen LogP contribution is 2.06. The van der Waals surface area contributed by atoms with Gasteiger partial charge in [-0.25, -0.2) is 4.79 Å². The van der Waals surface area contributed by atoms with E-state index in [1.54, 1.807) is 19.1 Å². The molecule has 21 heavy (non-hydrogen) atoms. The van der Waals surface area contributed by atoms with Gasteiger partial charge in [-0.05, 0) is 13.3 Å². The van der Waals surface area contributed by atoms with Gasteiger partial charge in [-0.15, -0.1) is 6.58 Å². The van der Waals surface area contributed by atoms with Crippen LogP contribution >= 0.6 is 0 Å². The lowest BCUT2D eigenvalue weighted by Crippen LogP contribution is -2.44. The molecule has 0 aliphatic carbocycles. The average molecular weight is 294 g/mol. The number of anilines is 1. The number of amides is 3. The largest absolute Gasteiger partial charge is 0.360 e. The highest BCUT2D eigenvalue weighted by molar-refractivity contribution is 5.93. The summed E-state index contributed by atoms with van der Waals surface area (Å²) >= 11 is 0. The van der Waals surface area contributed by atoms with Crippen LogP contribution < -0.4 is 10.6 Å². The molecular weight excluding hydrogens is 272 g/mol. The summed E-state index contributed by atoms with van der Waals surface area (Å²) in [6, 6.07) is 1.33. The Labute approximate surface area is 124 Å². The summed E-state index contributed by atoms with van der Waals surface area (Å²) in [5, 5.41) is 9.01. The van der Waals surface area contributed by atoms with Gasteiger partial charge in [0.05, 0.1) is 0 Å². The van der Waals surface area contributed by atoms with E-state index in [0.29, 0.717) is 24.7 Å². The van der Waals surface area contributed by atoms with E-state index in [4.69, 9.17) is 4.52 Å². The molecule has 0 aromatic carbocycles. The van der Waals surface area contributed by atoms with Crippen LogP contribution in [-0.2, 0) is 4.79 Å². The number of aryl methyl sites for hydroxylation is 1. The smallest absolute Gasteiger partial charge is 0.318 e. The van der Waals surface area contributed by atoms with Crippen LogP contribution in [0, 0.1) is 6.92 Å². The van der Waals surface area contributed by atoms with Crippen LogP contribution in [0.5, 0.6) is 0 Å². The molecule has 116 valence electrons. The number of unbranched alkanes of at least 4 members (excludes halogenated alkanes) is 1. The van der Waals surface area contributed by atoms with E-state index < -0.39 is 0 Å². The molecule has 0 saturated carbocycles. The Bertz CT molecular complexity index is 484. The number of hydrogen-bond acceptors (Lipinski definition) is 4. The predicted molar refractivity (Wildman–Crippen MR) is 79.9 cm³/mol. The van der Waals surface area contributed by atoms with Crippen molar-refractivity contribution in [2.24, 2.45) is 0 Å². The number of nitrogens with zero attached hydrogens (tertiary/aromatic N) is 2. The number of hydrogen-bond donors (Lipinski definition) is 2. The lowest BCUT2D eigenvalue weighted by atomic mass is 10.3. The fourth-order valence-corrected chi connectivity index (χ4v) is 1.64. The summed E-state index contributed by atoms with van der Waals surface area (Å²) in [6.45, 7) is 8.18. The first kappa shape index (κ1) is 16.7. The Balaban J connectivity index is 2.50. The van der Waals surface area contributed by atoms with E-state index in [1.807, 2.05) is 6.92 Å². The van der Waals surface area contributed by atoms with Crippen molar-refractivity contribution in [3.05, 3.63) is 24.5 Å². The zero-order valence-electron chi connectivity index (χ0n) is 12.5. The monoisotopic (exact) mass is 294 g/mol. The van der Waals surface area contributed by atoms with Gasteiger partial charge in [-0.3, -0.25) is 4.79 Å². The molecule has 3 amide bonds. The standard InChI is InChI=1S/C14H22N4O3/c1-4-6-7-15-14(20)18(8-5-2)10-13(19)16-12-9-11(3)21-17-12/h5,9H,2,4,6-8,10H2,1,3H3,(H,15,20)(H,16,17,19). The molecule has 7 nitrogen and oxygen atoms in total. The van der Waals surface area contributed by atoms with Crippen molar-refractivity contribution in [2.45, 2.75) is 26.7 Å². The lowest BCUT2D eigenvalue weighted by Gasteiger charge is -2.20. The minimum atomic E-state index is -0.337. The molecule has 0 fully saturated rings. The number of carbonyl (C=O) groups excluding carboxylic acids is 2. The second-order valence-electron chi connectivity index (χ2n) is 4.63. The second-order valence-corrected chi connectivity index (χ2v) is 4.63. The first-order valence-electron chi connectivity index (χ1n) is 6.93. The molecule has 1 aromatic rings. The zero-order valence-corrected chi connectivity index (χ0v) is 12.5. The molecule has 0 unspecified atom stereocenters. The van der Waals surface area contributed by atoms with Crippen LogP contribution in [-0.4, -0.2) is 41.6 Å². The number of nitrogens with one attached hydrogen (secondary N) is 2. The highest BCUT2D eigenvalue weighted by Gasteiger charge is 2.16. The van der Waals surface area contributed by atoms with Crippen molar-refractivity contribution in [2.75, 3.05) is 25.0 Å². The van der Waals surface area contributed by atoms with Crippen molar-refractivity contribution in [3.8, 4) is 0 Å². The number of urea groups is 1. The van der Waals surface area contributed by atoms with Gasteiger partial charge in [-0.1, -0.05) is 24.6 Å². The van der Waals surface area contributed by atoms with Crippen LogP contribution in [0.25, 0.3) is 0 Å². The summed E-state index contributed by atoms with van der Waals surface area (Å²) in [6.07, 6.45) is 3.47. The van der Waals surface area contributed by atoms with Crippen molar-refractivity contribution < 1.29 is 14.1 Å². The molecule has 0 bridgehead atoms. The maximum atomic E-state index is 12.0. The van der Waals surface area contributed by atoms with Gasteiger partial charge in [0, 0.05) is 19.2 Å². The summed E-state index contributed by atoms with van der Waals surface area (Å²) in [5.74, 6) is 0.601. The van der Waals surface area contributed by atoms with Crippen LogP contribution in [0.3, 0.4) is 0 Å². The van der Waals surface area contributed by atoms with Gasteiger partial charge in [-0.2, -0.15) is 0 Å². The first-order chi connectivity index (χ1) is 10.1. The van der Waals surface area contributed by atoms with E-state index in [-0.39, 0.29) is 18.5 Å². The molecule has 0 spiro atoms. The van der Waals surface area contributed by atoms with E-state index >= 15 is 0 Å². The molecule has 1 rings (SSSR count). The van der Waals surface area contributed by atoms with Crippen molar-refractivity contribution in [3.63, 3.8) is 0 Å². The molecule has 1 heterocycles. The van der Waals surface area contributed by atoms with Gasteiger partial charge >= 0.3 is 6.03 Å². The Hall–Kier alpha value is -2.31. The second kappa shape index (κ2) is 8.78. The van der Waals surface area contributed by atoms with Crippen LogP contribution in [0.1, 0.15) is 25.5 Å². The molecule has 0 aliphatic rings. The Morgan fingerprint density at radius 3 is 2.86 bits per heavy atom. The molecule has 0 saturated heterocycles. The molecule has 1 aromatic heterocycles. The Kier molecular flexibility index (Phi) is 7.00. The average Bonchev–Trinajstić information content (AvgIpc) is 2.83. The predicted octanol–water partition coefficient (Wildman–Crippen LogP) is 1.92. The lowest BCUT2D eigenvalue weighted by molar-refractivity contribution is -0.116. The van der Waals surface area contributed by atoms with Gasteiger partial charge in [0.25, 0.3) is 0 Å². The quantitative estimate of drug-likeness (QED) is 0.566. The Morgan fingerprint density at radius 2 is 2.29 bits per heavy atom. The Morgan fingerprint density at radius 1 is 1.52 bits per heavy atom. The van der Waals surface area contributed by atoms with Gasteiger partial charge in [0.1, 0.15) is 12.3 Å². The van der Waals surface area contributed by atoms with E-state index in [2.05, 4.69) is 22.4 Å². The maximum Gasteiger partial charge on any atom is 0.318 e. The summed E-state index contributed by atoms with van der Waals surface area (Å²) in [7, 11) is 0. The molecular formula is C14H22N4O3. The normalized spacial score (nSPS) is 10.0. The van der Waals surface area contributed by atoms with Crippen molar-refractivity contribution >= 4 is 17.8 Å². The maximum absolute atomic E-state index is 12.0.